The number of para-hydroxylation sites is 1. The number of imidazole rings is 1. The predicted octanol–water partition coefficient (Wildman–Crippen LogP) is 1.11. The molecule has 1 aromatic carbocycles. The van der Waals surface area contributed by atoms with E-state index in [1.54, 1.807) is 6.92 Å². The van der Waals surface area contributed by atoms with Gasteiger partial charge in [-0.25, -0.2) is 9.59 Å². The average Bonchev–Trinajstić information content (AvgIpc) is 3.14. The molecule has 2 N–H and O–H groups in total. The van der Waals surface area contributed by atoms with Crippen LogP contribution in [-0.4, -0.2) is 63.3 Å². The molecule has 4 rings (SSSR count). The van der Waals surface area contributed by atoms with Gasteiger partial charge in [0.1, 0.15) is 11.3 Å². The minimum atomic E-state index is -5.29. The van der Waals surface area contributed by atoms with Crippen molar-refractivity contribution in [1.82, 2.24) is 29.9 Å². The van der Waals surface area contributed by atoms with Gasteiger partial charge in [0.2, 0.25) is 0 Å². The van der Waals surface area contributed by atoms with Gasteiger partial charge >= 0.3 is 23.8 Å². The molecule has 38 heavy (non-hydrogen) atoms. The van der Waals surface area contributed by atoms with E-state index in [4.69, 9.17) is 4.74 Å². The third-order valence-electron chi connectivity index (χ3n) is 5.56. The molecule has 200 valence electrons. The molecule has 1 amide bonds. The van der Waals surface area contributed by atoms with Crippen LogP contribution in [0.5, 0.6) is 11.8 Å². The molecule has 1 saturated heterocycles. The number of aryl methyl sites for hydroxylation is 1. The fourth-order valence-electron chi connectivity index (χ4n) is 3.75. The highest BCUT2D eigenvalue weighted by Gasteiger charge is 2.42. The second kappa shape index (κ2) is 10.8. The van der Waals surface area contributed by atoms with E-state index < -0.39 is 18.1 Å². The summed E-state index contributed by atoms with van der Waals surface area (Å²) in [5, 5.41) is 3.24. The Balaban J connectivity index is 1.74. The van der Waals surface area contributed by atoms with Crippen LogP contribution in [-0.2, 0) is 23.2 Å². The van der Waals surface area contributed by atoms with E-state index in [0.29, 0.717) is 37.5 Å². The molecule has 3 aromatic rings. The topological polar surface area (TPSA) is 133 Å². The Morgan fingerprint density at radius 1 is 1.18 bits per heavy atom. The molecule has 3 heterocycles. The Labute approximate surface area is 213 Å². The first-order valence-corrected chi connectivity index (χ1v) is 11.3. The molecule has 12 nitrogen and oxygen atoms in total. The summed E-state index contributed by atoms with van der Waals surface area (Å²) >= 11 is 0. The van der Waals surface area contributed by atoms with Crippen molar-refractivity contribution >= 4 is 28.9 Å². The number of piperazine rings is 1. The predicted molar refractivity (Wildman–Crippen MR) is 127 cm³/mol. The molecular weight excluding hydrogens is 511 g/mol. The standard InChI is InChI=1S/C23H22F3N7O5/c1-3-4-11-33-16-17(31(2)22(33)36)28-21(29-18(16)32-12-9-27-10-13-32)37-15-8-6-5-7-14(15)19(34)30-38-20(35)23(24,25)26/h5-8,27H,9-13H2,1-2H3,(H,30,34). The van der Waals surface area contributed by atoms with Gasteiger partial charge in [0.25, 0.3) is 5.91 Å². The van der Waals surface area contributed by atoms with E-state index in [1.165, 1.54) is 45.9 Å². The van der Waals surface area contributed by atoms with Gasteiger partial charge in [-0.05, 0) is 19.1 Å². The maximum Gasteiger partial charge on any atom is 0.493 e. The van der Waals surface area contributed by atoms with Crippen LogP contribution in [0, 0.1) is 11.8 Å². The second-order valence-electron chi connectivity index (χ2n) is 8.01. The summed E-state index contributed by atoms with van der Waals surface area (Å²) in [6.07, 6.45) is -5.29. The highest BCUT2D eigenvalue weighted by Crippen LogP contribution is 2.29. The zero-order chi connectivity index (χ0) is 27.4. The zero-order valence-electron chi connectivity index (χ0n) is 20.3. The number of nitrogens with zero attached hydrogens (tertiary/aromatic N) is 5. The Kier molecular flexibility index (Phi) is 7.53. The number of benzene rings is 1. The number of anilines is 1. The lowest BCUT2D eigenvalue weighted by atomic mass is 10.2. The molecule has 0 radical (unpaired) electrons. The smallest absolute Gasteiger partial charge is 0.423 e. The van der Waals surface area contributed by atoms with Gasteiger partial charge in [0, 0.05) is 33.2 Å². The monoisotopic (exact) mass is 533 g/mol. The van der Waals surface area contributed by atoms with Crippen molar-refractivity contribution in [3.05, 3.63) is 40.3 Å². The van der Waals surface area contributed by atoms with E-state index in [2.05, 4.69) is 32.0 Å². The number of alkyl halides is 3. The number of hydrogen-bond acceptors (Lipinski definition) is 9. The van der Waals surface area contributed by atoms with E-state index in [-0.39, 0.29) is 35.2 Å². The Hall–Kier alpha value is -4.58. The second-order valence-corrected chi connectivity index (χ2v) is 8.01. The van der Waals surface area contributed by atoms with E-state index in [0.717, 1.165) is 0 Å². The number of halogens is 3. The van der Waals surface area contributed by atoms with Crippen molar-refractivity contribution in [1.29, 1.82) is 0 Å². The lowest BCUT2D eigenvalue weighted by molar-refractivity contribution is -0.204. The molecule has 15 heteroatoms. The molecule has 0 bridgehead atoms. The maximum absolute atomic E-state index is 13.0. The van der Waals surface area contributed by atoms with Crippen molar-refractivity contribution in [3.8, 4) is 23.6 Å². The highest BCUT2D eigenvalue weighted by molar-refractivity contribution is 5.97. The normalized spacial score (nSPS) is 13.6. The summed E-state index contributed by atoms with van der Waals surface area (Å²) < 4.78 is 45.8. The number of hydrogen-bond donors (Lipinski definition) is 2. The number of ether oxygens (including phenoxy) is 1. The molecule has 0 atom stereocenters. The van der Waals surface area contributed by atoms with Crippen molar-refractivity contribution in [2.45, 2.75) is 19.6 Å². The van der Waals surface area contributed by atoms with Crippen LogP contribution in [0.15, 0.2) is 29.1 Å². The number of hydroxylamine groups is 1. The van der Waals surface area contributed by atoms with Crippen molar-refractivity contribution in [2.24, 2.45) is 7.05 Å². The molecular formula is C23H22F3N7O5. The minimum Gasteiger partial charge on any atom is -0.423 e. The largest absolute Gasteiger partial charge is 0.493 e. The lowest BCUT2D eigenvalue weighted by Gasteiger charge is -2.29. The molecule has 1 aliphatic heterocycles. The Bertz CT molecular complexity index is 1500. The third kappa shape index (κ3) is 5.39. The Morgan fingerprint density at radius 2 is 1.89 bits per heavy atom. The fourth-order valence-corrected chi connectivity index (χ4v) is 3.75. The number of rotatable bonds is 5. The first kappa shape index (κ1) is 26.5. The number of nitrogens with one attached hydrogen (secondary N) is 2. The maximum atomic E-state index is 13.0. The summed E-state index contributed by atoms with van der Waals surface area (Å²) in [7, 11) is 1.54. The minimum absolute atomic E-state index is 0.120. The van der Waals surface area contributed by atoms with Crippen LogP contribution in [0.25, 0.3) is 11.2 Å². The summed E-state index contributed by atoms with van der Waals surface area (Å²) in [5.41, 5.74) is 1.56. The number of amides is 1. The third-order valence-corrected chi connectivity index (χ3v) is 5.56. The first-order valence-electron chi connectivity index (χ1n) is 11.3. The quantitative estimate of drug-likeness (QED) is 0.366. The molecule has 0 saturated carbocycles. The molecule has 0 spiro atoms. The van der Waals surface area contributed by atoms with Crippen LogP contribution in [0.3, 0.4) is 0 Å². The fraction of sp³-hybridized carbons (Fsp3) is 0.348. The summed E-state index contributed by atoms with van der Waals surface area (Å²) in [6.45, 7) is 4.29. The molecule has 2 aromatic heterocycles. The molecule has 1 aliphatic rings. The summed E-state index contributed by atoms with van der Waals surface area (Å²) in [6, 6.07) is 5.34. The van der Waals surface area contributed by atoms with Crippen molar-refractivity contribution < 1.29 is 32.3 Å². The van der Waals surface area contributed by atoms with Gasteiger partial charge in [0.05, 0.1) is 12.1 Å². The number of fused-ring (bicyclic) bond motifs is 1. The molecule has 0 unspecified atom stereocenters. The SMILES string of the molecule is CC#CCn1c(=O)n(C)c2nc(Oc3ccccc3C(=O)NOC(=O)C(F)(F)F)nc(N3CCNCC3)c21. The molecule has 0 aliphatic carbocycles. The van der Waals surface area contributed by atoms with Gasteiger partial charge in [-0.1, -0.05) is 18.1 Å². The van der Waals surface area contributed by atoms with Gasteiger partial charge in [-0.3, -0.25) is 13.9 Å². The number of carbonyl (C=O) groups is 2. The van der Waals surface area contributed by atoms with E-state index >= 15 is 0 Å². The van der Waals surface area contributed by atoms with E-state index in [1.807, 2.05) is 4.90 Å². The van der Waals surface area contributed by atoms with Crippen molar-refractivity contribution in [2.75, 3.05) is 31.1 Å². The zero-order valence-corrected chi connectivity index (χ0v) is 20.3. The lowest BCUT2D eigenvalue weighted by Crippen LogP contribution is -2.44. The molecule has 1 fully saturated rings. The van der Waals surface area contributed by atoms with Crippen LogP contribution in [0.4, 0.5) is 19.0 Å². The van der Waals surface area contributed by atoms with Crippen LogP contribution >= 0.6 is 0 Å². The summed E-state index contributed by atoms with van der Waals surface area (Å²) in [5.74, 6) is 2.18. The number of carbonyl (C=O) groups excluding carboxylic acids is 2. The van der Waals surface area contributed by atoms with Gasteiger partial charge < -0.3 is 19.8 Å². The average molecular weight is 533 g/mol. The van der Waals surface area contributed by atoms with Gasteiger partial charge in [-0.2, -0.15) is 28.6 Å². The number of aromatic nitrogens is 4. The Morgan fingerprint density at radius 3 is 2.58 bits per heavy atom. The van der Waals surface area contributed by atoms with Crippen LogP contribution in [0.2, 0.25) is 0 Å². The highest BCUT2D eigenvalue weighted by atomic mass is 19.4. The first-order chi connectivity index (χ1) is 18.1. The van der Waals surface area contributed by atoms with Gasteiger partial charge in [0.15, 0.2) is 11.5 Å². The van der Waals surface area contributed by atoms with Crippen LogP contribution < -0.4 is 26.1 Å². The van der Waals surface area contributed by atoms with E-state index in [9.17, 15) is 27.6 Å². The van der Waals surface area contributed by atoms with Crippen LogP contribution in [0.1, 0.15) is 17.3 Å². The summed E-state index contributed by atoms with van der Waals surface area (Å²) in [4.78, 5) is 51.1. The van der Waals surface area contributed by atoms with Crippen molar-refractivity contribution in [3.63, 3.8) is 0 Å². The van der Waals surface area contributed by atoms with Gasteiger partial charge in [-0.15, -0.1) is 5.92 Å².